The van der Waals surface area contributed by atoms with Crippen LogP contribution in [0.4, 0.5) is 0 Å². The van der Waals surface area contributed by atoms with Crippen LogP contribution in [0.15, 0.2) is 127 Å². The molecule has 36 heavy (non-hydrogen) atoms. The van der Waals surface area contributed by atoms with Gasteiger partial charge < -0.3 is 0 Å². The fraction of sp³-hybridized carbons (Fsp3) is 0.0294. The highest BCUT2D eigenvalue weighted by Gasteiger charge is 2.19. The number of para-hydroxylation sites is 2. The summed E-state index contributed by atoms with van der Waals surface area (Å²) in [5.41, 5.74) is 4.35. The Labute approximate surface area is 221 Å². The van der Waals surface area contributed by atoms with E-state index in [1.807, 2.05) is 78.9 Å². The molecule has 0 saturated heterocycles. The standard InChI is InChI=1S/C34H24N2/c1-23-35-31-17-9-10-18-32(31)36(23)34-29-15-7-5-13-27(29)33(28-14-6-8-16-30(28)34)26-21-19-25(20-22-26)24-11-3-2-4-12-24/h2-22H,1H3/i5D,6D,7D,8D,13D,14D,15D,16D. The minimum Gasteiger partial charge on any atom is -0.295 e. The van der Waals surface area contributed by atoms with Crippen molar-refractivity contribution in [3.63, 3.8) is 0 Å². The number of aromatic nitrogens is 2. The molecule has 7 aromatic rings. The first-order chi connectivity index (χ1) is 21.1. The van der Waals surface area contributed by atoms with Gasteiger partial charge in [-0.1, -0.05) is 115 Å². The Morgan fingerprint density at radius 1 is 0.583 bits per heavy atom. The van der Waals surface area contributed by atoms with E-state index in [1.165, 1.54) is 0 Å². The maximum absolute atomic E-state index is 9.13. The summed E-state index contributed by atoms with van der Waals surface area (Å²) < 4.78 is 72.7. The molecule has 0 spiro atoms. The van der Waals surface area contributed by atoms with Gasteiger partial charge in [0.1, 0.15) is 5.82 Å². The van der Waals surface area contributed by atoms with Crippen molar-refractivity contribution in [3.8, 4) is 27.9 Å². The first-order valence-electron chi connectivity index (χ1n) is 15.7. The lowest BCUT2D eigenvalue weighted by Gasteiger charge is -2.19. The molecule has 6 aromatic carbocycles. The van der Waals surface area contributed by atoms with Crippen LogP contribution >= 0.6 is 0 Å². The number of fused-ring (bicyclic) bond motifs is 3. The number of benzene rings is 6. The second-order valence-corrected chi connectivity index (χ2v) is 8.65. The molecule has 0 radical (unpaired) electrons. The monoisotopic (exact) mass is 468 g/mol. The summed E-state index contributed by atoms with van der Waals surface area (Å²) in [5, 5.41) is 0.658. The number of imidazole rings is 1. The lowest BCUT2D eigenvalue weighted by Crippen LogP contribution is -2.01. The summed E-state index contributed by atoms with van der Waals surface area (Å²) in [5.74, 6) is 0.508. The average molecular weight is 469 g/mol. The van der Waals surface area contributed by atoms with Crippen molar-refractivity contribution in [1.29, 1.82) is 0 Å². The van der Waals surface area contributed by atoms with Crippen molar-refractivity contribution in [2.75, 3.05) is 0 Å². The van der Waals surface area contributed by atoms with Crippen LogP contribution in [0.1, 0.15) is 16.8 Å². The van der Waals surface area contributed by atoms with E-state index in [0.717, 1.165) is 11.1 Å². The van der Waals surface area contributed by atoms with Gasteiger partial charge in [0, 0.05) is 10.8 Å². The molecule has 7 rings (SSSR count). The van der Waals surface area contributed by atoms with Crippen molar-refractivity contribution in [2.45, 2.75) is 6.92 Å². The SMILES string of the molecule is [2H]c1c([2H])c([2H])c2c(-n3c(C)nc4ccccc43)c3c([2H])c([2H])c([2H])c([2H])c3c(-c3ccc(-c4ccccc4)cc3)c2c1[2H]. The van der Waals surface area contributed by atoms with E-state index in [9.17, 15) is 0 Å². The van der Waals surface area contributed by atoms with E-state index >= 15 is 0 Å². The Bertz CT molecular complexity index is 2230. The summed E-state index contributed by atoms with van der Waals surface area (Å²) in [4.78, 5) is 4.69. The molecular formula is C34H24N2. The number of rotatable bonds is 3. The normalized spacial score (nSPS) is 14.6. The highest BCUT2D eigenvalue weighted by Crippen LogP contribution is 2.42. The molecule has 0 fully saturated rings. The molecule has 1 aromatic heterocycles. The number of aryl methyl sites for hydroxylation is 1. The second-order valence-electron chi connectivity index (χ2n) is 8.65. The van der Waals surface area contributed by atoms with Gasteiger partial charge in [0.05, 0.1) is 27.7 Å². The van der Waals surface area contributed by atoms with Crippen LogP contribution in [0.3, 0.4) is 0 Å². The van der Waals surface area contributed by atoms with E-state index in [2.05, 4.69) is 4.98 Å². The first-order valence-corrected chi connectivity index (χ1v) is 11.7. The van der Waals surface area contributed by atoms with Crippen molar-refractivity contribution < 1.29 is 11.0 Å². The lowest BCUT2D eigenvalue weighted by molar-refractivity contribution is 1.02. The molecule has 0 bridgehead atoms. The third-order valence-corrected chi connectivity index (χ3v) is 6.58. The molecule has 0 saturated carbocycles. The Morgan fingerprint density at radius 3 is 1.78 bits per heavy atom. The van der Waals surface area contributed by atoms with Crippen molar-refractivity contribution in [3.05, 3.63) is 133 Å². The highest BCUT2D eigenvalue weighted by atomic mass is 15.1. The van der Waals surface area contributed by atoms with Crippen LogP contribution in [0.25, 0.3) is 60.5 Å². The summed E-state index contributed by atoms with van der Waals surface area (Å²) in [6.07, 6.45) is 0. The van der Waals surface area contributed by atoms with Crippen LogP contribution in [0.2, 0.25) is 0 Å². The molecule has 0 aliphatic heterocycles. The molecule has 0 amide bonds. The predicted octanol–water partition coefficient (Wildman–Crippen LogP) is 8.97. The lowest BCUT2D eigenvalue weighted by atomic mass is 9.89. The van der Waals surface area contributed by atoms with Gasteiger partial charge in [0.25, 0.3) is 0 Å². The summed E-state index contributed by atoms with van der Waals surface area (Å²) in [6.45, 7) is 1.77. The van der Waals surface area contributed by atoms with Crippen molar-refractivity contribution in [1.82, 2.24) is 9.55 Å². The van der Waals surface area contributed by atoms with Gasteiger partial charge in [-0.25, -0.2) is 4.98 Å². The quantitative estimate of drug-likeness (QED) is 0.237. The van der Waals surface area contributed by atoms with Gasteiger partial charge in [-0.3, -0.25) is 4.57 Å². The van der Waals surface area contributed by atoms with Crippen LogP contribution < -0.4 is 0 Å². The molecule has 0 unspecified atom stereocenters. The first kappa shape index (κ1) is 14.0. The van der Waals surface area contributed by atoms with Crippen LogP contribution in [0.5, 0.6) is 0 Å². The molecule has 2 heteroatoms. The van der Waals surface area contributed by atoms with E-state index < -0.39 is 24.2 Å². The number of hydrogen-bond donors (Lipinski definition) is 0. The zero-order valence-corrected chi connectivity index (χ0v) is 19.4. The minimum absolute atomic E-state index is 0.155. The largest absolute Gasteiger partial charge is 0.295 e. The Balaban J connectivity index is 1.75. The van der Waals surface area contributed by atoms with Crippen LogP contribution in [0, 0.1) is 6.92 Å². The zero-order valence-electron chi connectivity index (χ0n) is 27.4. The van der Waals surface area contributed by atoms with E-state index in [1.54, 1.807) is 11.5 Å². The van der Waals surface area contributed by atoms with Gasteiger partial charge in [0.15, 0.2) is 0 Å². The average Bonchev–Trinajstić information content (AvgIpc) is 3.38. The van der Waals surface area contributed by atoms with Gasteiger partial charge in [-0.05, 0) is 52.1 Å². The molecule has 170 valence electrons. The molecule has 0 aliphatic rings. The van der Waals surface area contributed by atoms with Gasteiger partial charge in [-0.2, -0.15) is 0 Å². The molecule has 0 aliphatic carbocycles. The van der Waals surface area contributed by atoms with E-state index in [-0.39, 0.29) is 51.4 Å². The topological polar surface area (TPSA) is 17.8 Å². The Morgan fingerprint density at radius 2 is 1.11 bits per heavy atom. The molecule has 2 nitrogen and oxygen atoms in total. The maximum atomic E-state index is 9.13. The number of hydrogen-bond acceptors (Lipinski definition) is 1. The predicted molar refractivity (Wildman–Crippen MR) is 152 cm³/mol. The van der Waals surface area contributed by atoms with Gasteiger partial charge >= 0.3 is 0 Å². The second kappa shape index (κ2) is 8.21. The Kier molecular flexibility index (Phi) is 3.20. The fourth-order valence-corrected chi connectivity index (χ4v) is 5.01. The molecule has 1 heterocycles. The smallest absolute Gasteiger partial charge is 0.111 e. The third kappa shape index (κ3) is 3.15. The number of nitrogens with zero attached hydrogens (tertiary/aromatic N) is 2. The van der Waals surface area contributed by atoms with Crippen molar-refractivity contribution in [2.24, 2.45) is 0 Å². The highest BCUT2D eigenvalue weighted by molar-refractivity contribution is 6.18. The van der Waals surface area contributed by atoms with Gasteiger partial charge in [0.2, 0.25) is 0 Å². The van der Waals surface area contributed by atoms with Crippen LogP contribution in [-0.4, -0.2) is 9.55 Å². The van der Waals surface area contributed by atoms with Crippen LogP contribution in [-0.2, 0) is 0 Å². The third-order valence-electron chi connectivity index (χ3n) is 6.58. The minimum atomic E-state index is -0.434. The Hall–Kier alpha value is -4.69. The van der Waals surface area contributed by atoms with Gasteiger partial charge in [-0.15, -0.1) is 0 Å². The summed E-state index contributed by atoms with van der Waals surface area (Å²) in [7, 11) is 0. The fourth-order valence-electron chi connectivity index (χ4n) is 5.01. The van der Waals surface area contributed by atoms with Crippen molar-refractivity contribution >= 4 is 32.6 Å². The van der Waals surface area contributed by atoms with E-state index in [0.29, 0.717) is 28.0 Å². The summed E-state index contributed by atoms with van der Waals surface area (Å²) in [6, 6.07) is 21.7. The van der Waals surface area contributed by atoms with E-state index in [4.69, 9.17) is 11.0 Å². The molecule has 0 atom stereocenters. The zero-order chi connectivity index (χ0) is 31.0. The maximum Gasteiger partial charge on any atom is 0.111 e. The molecular weight excluding hydrogens is 436 g/mol. The summed E-state index contributed by atoms with van der Waals surface area (Å²) >= 11 is 0. The molecule has 0 N–H and O–H groups in total.